The van der Waals surface area contributed by atoms with Crippen LogP contribution < -0.4 is 9.46 Å². The first kappa shape index (κ1) is 17.5. The van der Waals surface area contributed by atoms with Crippen molar-refractivity contribution in [3.05, 3.63) is 22.7 Å². The van der Waals surface area contributed by atoms with Crippen LogP contribution in [0.4, 0.5) is 5.69 Å². The van der Waals surface area contributed by atoms with Gasteiger partial charge in [0.1, 0.15) is 11.3 Å². The van der Waals surface area contributed by atoms with Crippen molar-refractivity contribution in [3.63, 3.8) is 0 Å². The summed E-state index contributed by atoms with van der Waals surface area (Å²) in [5.41, 5.74) is -0.0845. The molecular weight excluding hydrogens is 320 g/mol. The summed E-state index contributed by atoms with van der Waals surface area (Å²) in [4.78, 5) is 11.0. The molecule has 0 aliphatic rings. The number of carboxylic acids is 1. The fourth-order valence-corrected chi connectivity index (χ4v) is 3.26. The molecule has 118 valence electrons. The first-order chi connectivity index (χ1) is 9.76. The highest BCUT2D eigenvalue weighted by Gasteiger charge is 2.22. The summed E-state index contributed by atoms with van der Waals surface area (Å²) in [6, 6.07) is 2.38. The van der Waals surface area contributed by atoms with Gasteiger partial charge in [-0.25, -0.2) is 4.79 Å². The maximum atomic E-state index is 12.1. The predicted octanol–water partition coefficient (Wildman–Crippen LogP) is 2.05. The van der Waals surface area contributed by atoms with E-state index in [4.69, 9.17) is 21.4 Å². The normalized spacial score (nSPS) is 11.5. The van der Waals surface area contributed by atoms with Crippen LogP contribution in [0.15, 0.2) is 12.1 Å². The van der Waals surface area contributed by atoms with Crippen LogP contribution in [0.1, 0.15) is 24.2 Å². The van der Waals surface area contributed by atoms with Crippen LogP contribution in [0.3, 0.4) is 0 Å². The fourth-order valence-electron chi connectivity index (χ4n) is 1.73. The largest absolute Gasteiger partial charge is 0.496 e. The number of benzene rings is 1. The Morgan fingerprint density at radius 1 is 1.38 bits per heavy atom. The van der Waals surface area contributed by atoms with E-state index in [0.29, 0.717) is 13.1 Å². The van der Waals surface area contributed by atoms with E-state index in [1.165, 1.54) is 17.5 Å². The summed E-state index contributed by atoms with van der Waals surface area (Å²) in [5.74, 6) is -1.20. The molecule has 0 aliphatic heterocycles. The number of anilines is 1. The third kappa shape index (κ3) is 3.99. The first-order valence-electron chi connectivity index (χ1n) is 6.15. The van der Waals surface area contributed by atoms with Crippen LogP contribution in [0, 0.1) is 0 Å². The molecule has 21 heavy (non-hydrogen) atoms. The van der Waals surface area contributed by atoms with E-state index < -0.39 is 16.2 Å². The summed E-state index contributed by atoms with van der Waals surface area (Å²) >= 11 is 5.94. The van der Waals surface area contributed by atoms with Crippen molar-refractivity contribution >= 4 is 33.5 Å². The number of carboxylic acid groups (broad SMARTS) is 1. The second kappa shape index (κ2) is 6.97. The molecule has 2 N–H and O–H groups in total. The minimum absolute atomic E-state index is 0.0177. The molecule has 0 atom stereocenters. The Balaban J connectivity index is 3.24. The van der Waals surface area contributed by atoms with E-state index in [1.54, 1.807) is 13.8 Å². The van der Waals surface area contributed by atoms with Crippen molar-refractivity contribution < 1.29 is 23.1 Å². The van der Waals surface area contributed by atoms with Gasteiger partial charge in [-0.15, -0.1) is 0 Å². The average Bonchev–Trinajstić information content (AvgIpc) is 2.41. The lowest BCUT2D eigenvalue weighted by Gasteiger charge is -2.20. The summed E-state index contributed by atoms with van der Waals surface area (Å²) in [6.07, 6.45) is 0. The second-order valence-electron chi connectivity index (χ2n) is 4.03. The number of nitrogens with zero attached hydrogens (tertiary/aromatic N) is 1. The lowest BCUT2D eigenvalue weighted by Crippen LogP contribution is -2.35. The summed E-state index contributed by atoms with van der Waals surface area (Å²) in [7, 11) is -2.47. The molecule has 0 amide bonds. The summed E-state index contributed by atoms with van der Waals surface area (Å²) in [5, 5.41) is 9.00. The van der Waals surface area contributed by atoms with Crippen LogP contribution in [0.25, 0.3) is 0 Å². The number of rotatable bonds is 7. The average molecular weight is 337 g/mol. The van der Waals surface area contributed by atoms with E-state index in [0.717, 1.165) is 6.07 Å². The van der Waals surface area contributed by atoms with Crippen molar-refractivity contribution in [2.45, 2.75) is 13.8 Å². The Kier molecular flexibility index (Phi) is 5.82. The molecule has 0 radical (unpaired) electrons. The zero-order valence-electron chi connectivity index (χ0n) is 11.9. The SMILES string of the molecule is CCN(CC)S(=O)(=O)Nc1cc(OC)c(C(=O)O)cc1Cl. The van der Waals surface area contributed by atoms with Crippen LogP contribution in [-0.4, -0.2) is 44.0 Å². The third-order valence-corrected chi connectivity index (χ3v) is 4.79. The van der Waals surface area contributed by atoms with Crippen LogP contribution in [-0.2, 0) is 10.2 Å². The second-order valence-corrected chi connectivity index (χ2v) is 6.11. The van der Waals surface area contributed by atoms with Gasteiger partial charge in [-0.2, -0.15) is 12.7 Å². The molecule has 0 spiro atoms. The lowest BCUT2D eigenvalue weighted by atomic mass is 10.2. The van der Waals surface area contributed by atoms with Crippen molar-refractivity contribution in [1.82, 2.24) is 4.31 Å². The number of halogens is 1. The molecule has 0 saturated carbocycles. The lowest BCUT2D eigenvalue weighted by molar-refractivity contribution is 0.0693. The van der Waals surface area contributed by atoms with Gasteiger partial charge in [-0.3, -0.25) is 4.72 Å². The molecule has 0 aromatic heterocycles. The smallest absolute Gasteiger partial charge is 0.339 e. The first-order valence-corrected chi connectivity index (χ1v) is 7.97. The number of aromatic carboxylic acids is 1. The Bertz CT molecular complexity index is 629. The summed E-state index contributed by atoms with van der Waals surface area (Å²) < 4.78 is 32.7. The number of methoxy groups -OCH3 is 1. The third-order valence-electron chi connectivity index (χ3n) is 2.80. The van der Waals surface area contributed by atoms with E-state index >= 15 is 0 Å². The Morgan fingerprint density at radius 3 is 2.38 bits per heavy atom. The van der Waals surface area contributed by atoms with Crippen molar-refractivity contribution in [1.29, 1.82) is 0 Å². The quantitative estimate of drug-likeness (QED) is 0.794. The minimum atomic E-state index is -3.76. The van der Waals surface area contributed by atoms with Gasteiger partial charge < -0.3 is 9.84 Å². The van der Waals surface area contributed by atoms with Gasteiger partial charge in [-0.05, 0) is 6.07 Å². The molecule has 0 aliphatic carbocycles. The van der Waals surface area contributed by atoms with E-state index in [-0.39, 0.29) is 22.0 Å². The van der Waals surface area contributed by atoms with Crippen LogP contribution in [0.2, 0.25) is 5.02 Å². The standard InChI is InChI=1S/C12H17ClN2O5S/c1-4-15(5-2)21(18,19)14-10-7-11(20-3)8(12(16)17)6-9(10)13/h6-7,14H,4-5H2,1-3H3,(H,16,17). The number of hydrogen-bond acceptors (Lipinski definition) is 4. The van der Waals surface area contributed by atoms with Gasteiger partial charge in [0.15, 0.2) is 0 Å². The highest BCUT2D eigenvalue weighted by Crippen LogP contribution is 2.31. The highest BCUT2D eigenvalue weighted by atomic mass is 35.5. The minimum Gasteiger partial charge on any atom is -0.496 e. The fraction of sp³-hybridized carbons (Fsp3) is 0.417. The Labute approximate surface area is 128 Å². The molecule has 0 bridgehead atoms. The molecule has 0 fully saturated rings. The number of ether oxygens (including phenoxy) is 1. The van der Waals surface area contributed by atoms with E-state index in [2.05, 4.69) is 4.72 Å². The molecule has 1 rings (SSSR count). The van der Waals surface area contributed by atoms with E-state index in [1.807, 2.05) is 0 Å². The monoisotopic (exact) mass is 336 g/mol. The van der Waals surface area contributed by atoms with Crippen LogP contribution in [0.5, 0.6) is 5.75 Å². The topological polar surface area (TPSA) is 95.9 Å². The van der Waals surface area contributed by atoms with Gasteiger partial charge in [-0.1, -0.05) is 25.4 Å². The molecule has 1 aromatic carbocycles. The van der Waals surface area contributed by atoms with Gasteiger partial charge in [0.2, 0.25) is 0 Å². The zero-order valence-corrected chi connectivity index (χ0v) is 13.5. The number of nitrogens with one attached hydrogen (secondary N) is 1. The zero-order chi connectivity index (χ0) is 16.2. The number of carbonyl (C=O) groups is 1. The van der Waals surface area contributed by atoms with E-state index in [9.17, 15) is 13.2 Å². The molecule has 7 nitrogen and oxygen atoms in total. The van der Waals surface area contributed by atoms with Gasteiger partial charge in [0.05, 0.1) is 17.8 Å². The van der Waals surface area contributed by atoms with Crippen molar-refractivity contribution in [2.24, 2.45) is 0 Å². The predicted molar refractivity (Wildman–Crippen MR) is 80.4 cm³/mol. The van der Waals surface area contributed by atoms with Crippen LogP contribution >= 0.6 is 11.6 Å². The maximum absolute atomic E-state index is 12.1. The molecule has 0 unspecified atom stereocenters. The van der Waals surface area contributed by atoms with Gasteiger partial charge in [0.25, 0.3) is 0 Å². The highest BCUT2D eigenvalue weighted by molar-refractivity contribution is 7.90. The number of hydrogen-bond donors (Lipinski definition) is 2. The van der Waals surface area contributed by atoms with Crippen molar-refractivity contribution in [3.8, 4) is 5.75 Å². The molecule has 9 heteroatoms. The Hall–Kier alpha value is -1.51. The molecule has 0 heterocycles. The van der Waals surface area contributed by atoms with Gasteiger partial charge >= 0.3 is 16.2 Å². The van der Waals surface area contributed by atoms with Gasteiger partial charge in [0, 0.05) is 19.2 Å². The van der Waals surface area contributed by atoms with Crippen molar-refractivity contribution in [2.75, 3.05) is 24.9 Å². The Morgan fingerprint density at radius 2 is 1.95 bits per heavy atom. The molecular formula is C12H17ClN2O5S. The summed E-state index contributed by atoms with van der Waals surface area (Å²) in [6.45, 7) is 4.01. The molecule has 0 saturated heterocycles. The molecule has 1 aromatic rings. The maximum Gasteiger partial charge on any atom is 0.339 e.